The molecule has 0 aliphatic heterocycles. The smallest absolute Gasteiger partial charge is 0.279 e. The number of benzene rings is 1. The summed E-state index contributed by atoms with van der Waals surface area (Å²) in [6.07, 6.45) is 1.92. The maximum absolute atomic E-state index is 12.2. The van der Waals surface area contributed by atoms with Crippen molar-refractivity contribution in [1.29, 1.82) is 0 Å². The van der Waals surface area contributed by atoms with E-state index in [1.54, 1.807) is 0 Å². The van der Waals surface area contributed by atoms with Crippen LogP contribution >= 0.6 is 11.3 Å². The summed E-state index contributed by atoms with van der Waals surface area (Å²) in [5.41, 5.74) is 2.38. The summed E-state index contributed by atoms with van der Waals surface area (Å²) in [6, 6.07) is 11.3. The van der Waals surface area contributed by atoms with Crippen molar-refractivity contribution in [2.45, 2.75) is 19.8 Å². The fraction of sp³-hybridized carbons (Fsp3) is 0.176. The lowest BCUT2D eigenvalue weighted by Crippen LogP contribution is -2.06. The lowest BCUT2D eigenvalue weighted by Gasteiger charge is -2.04. The molecule has 0 fully saturated rings. The summed E-state index contributed by atoms with van der Waals surface area (Å²) in [4.78, 5) is 31.3. The van der Waals surface area contributed by atoms with Crippen LogP contribution in [0, 0.1) is 6.92 Å². The van der Waals surface area contributed by atoms with E-state index in [2.05, 4.69) is 9.97 Å². The quantitative estimate of drug-likeness (QED) is 0.695. The van der Waals surface area contributed by atoms with E-state index < -0.39 is 0 Å². The van der Waals surface area contributed by atoms with Crippen LogP contribution in [0.3, 0.4) is 0 Å². The Balaban J connectivity index is 2.10. The molecule has 0 unspecified atom stereocenters. The molecule has 0 aliphatic rings. The van der Waals surface area contributed by atoms with Gasteiger partial charge in [0.15, 0.2) is 0 Å². The Morgan fingerprint density at radius 3 is 2.86 bits per heavy atom. The summed E-state index contributed by atoms with van der Waals surface area (Å²) in [5, 5.41) is 1.24. The van der Waals surface area contributed by atoms with Crippen LogP contribution in [-0.2, 0) is 11.2 Å². The highest BCUT2D eigenvalue weighted by Crippen LogP contribution is 2.25. The van der Waals surface area contributed by atoms with E-state index in [1.807, 2.05) is 43.3 Å². The van der Waals surface area contributed by atoms with E-state index in [0.29, 0.717) is 28.9 Å². The second-order valence-corrected chi connectivity index (χ2v) is 6.07. The molecule has 0 saturated carbocycles. The first kappa shape index (κ1) is 14.5. The topological polar surface area (TPSA) is 59.9 Å². The first-order chi connectivity index (χ1) is 10.7. The normalized spacial score (nSPS) is 10.8. The average molecular weight is 310 g/mol. The van der Waals surface area contributed by atoms with E-state index >= 15 is 0 Å². The van der Waals surface area contributed by atoms with Crippen molar-refractivity contribution in [3.8, 4) is 10.7 Å². The molecular formula is C17H14N2O2S. The van der Waals surface area contributed by atoms with Gasteiger partial charge in [0.1, 0.15) is 11.3 Å². The van der Waals surface area contributed by atoms with Crippen LogP contribution in [0.2, 0.25) is 0 Å². The minimum absolute atomic E-state index is 0.233. The molecule has 4 nitrogen and oxygen atoms in total. The first-order valence-corrected chi connectivity index (χ1v) is 7.80. The Morgan fingerprint density at radius 2 is 2.05 bits per heavy atom. The standard InChI is InChI=1S/C17H14N2O2S/c1-11-7-8-13-15(10-11)22-17(19-16(13)21)14-6-2-4-12(18-14)5-3-9-20/h2,4,6-10H,3,5H2,1H3. The highest BCUT2D eigenvalue weighted by atomic mass is 32.1. The molecule has 0 aliphatic carbocycles. The molecule has 3 rings (SSSR count). The zero-order valence-electron chi connectivity index (χ0n) is 12.1. The Morgan fingerprint density at radius 1 is 1.18 bits per heavy atom. The molecular weight excluding hydrogens is 296 g/mol. The van der Waals surface area contributed by atoms with Gasteiger partial charge in [-0.2, -0.15) is 4.98 Å². The lowest BCUT2D eigenvalue weighted by atomic mass is 10.2. The van der Waals surface area contributed by atoms with Crippen LogP contribution in [0.1, 0.15) is 17.7 Å². The highest BCUT2D eigenvalue weighted by molar-refractivity contribution is 7.21. The monoisotopic (exact) mass is 310 g/mol. The van der Waals surface area contributed by atoms with Crippen molar-refractivity contribution in [3.05, 3.63) is 58.0 Å². The van der Waals surface area contributed by atoms with Crippen LogP contribution < -0.4 is 5.56 Å². The molecule has 0 spiro atoms. The van der Waals surface area contributed by atoms with Gasteiger partial charge < -0.3 is 4.79 Å². The first-order valence-electron chi connectivity index (χ1n) is 6.99. The zero-order chi connectivity index (χ0) is 15.5. The summed E-state index contributed by atoms with van der Waals surface area (Å²) in [6.45, 7) is 2.00. The molecule has 0 atom stereocenters. The Kier molecular flexibility index (Phi) is 4.06. The molecule has 0 radical (unpaired) electrons. The maximum Gasteiger partial charge on any atom is 0.279 e. The molecule has 22 heavy (non-hydrogen) atoms. The number of carbonyl (C=O) groups is 1. The molecule has 3 aromatic rings. The van der Waals surface area contributed by atoms with E-state index in [9.17, 15) is 9.59 Å². The third kappa shape index (κ3) is 2.94. The van der Waals surface area contributed by atoms with Crippen molar-refractivity contribution >= 4 is 27.7 Å². The van der Waals surface area contributed by atoms with Crippen LogP contribution in [0.25, 0.3) is 20.8 Å². The Hall–Kier alpha value is -2.40. The number of nitrogens with zero attached hydrogens (tertiary/aromatic N) is 2. The second kappa shape index (κ2) is 6.15. The molecule has 0 amide bonds. The summed E-state index contributed by atoms with van der Waals surface area (Å²) >= 11 is 1.46. The van der Waals surface area contributed by atoms with Crippen molar-refractivity contribution in [2.24, 2.45) is 0 Å². The third-order valence-electron chi connectivity index (χ3n) is 3.32. The molecule has 2 heterocycles. The number of aldehydes is 1. The zero-order valence-corrected chi connectivity index (χ0v) is 12.9. The number of hydrogen-bond donors (Lipinski definition) is 0. The third-order valence-corrected chi connectivity index (χ3v) is 4.37. The fourth-order valence-corrected chi connectivity index (χ4v) is 3.29. The second-order valence-electron chi connectivity index (χ2n) is 5.04. The Bertz CT molecular complexity index is 903. The van der Waals surface area contributed by atoms with E-state index in [1.165, 1.54) is 11.3 Å². The van der Waals surface area contributed by atoms with Gasteiger partial charge in [0.2, 0.25) is 0 Å². The van der Waals surface area contributed by atoms with E-state index in [0.717, 1.165) is 22.2 Å². The Labute approximate surface area is 131 Å². The summed E-state index contributed by atoms with van der Waals surface area (Å²) in [5.74, 6) is 0. The number of aryl methyl sites for hydroxylation is 2. The van der Waals surface area contributed by atoms with E-state index in [-0.39, 0.29) is 5.56 Å². The molecule has 0 bridgehead atoms. The van der Waals surface area contributed by atoms with Crippen LogP contribution in [0.15, 0.2) is 41.2 Å². The largest absolute Gasteiger partial charge is 0.303 e. The SMILES string of the molecule is Cc1ccc2c(=O)nc(-c3cccc(CCC=O)n3)sc2c1. The molecule has 2 aromatic heterocycles. The van der Waals surface area contributed by atoms with Crippen molar-refractivity contribution < 1.29 is 4.79 Å². The van der Waals surface area contributed by atoms with Crippen molar-refractivity contribution in [3.63, 3.8) is 0 Å². The van der Waals surface area contributed by atoms with Crippen LogP contribution in [0.5, 0.6) is 0 Å². The van der Waals surface area contributed by atoms with Crippen LogP contribution in [-0.4, -0.2) is 16.3 Å². The van der Waals surface area contributed by atoms with Gasteiger partial charge in [-0.05, 0) is 43.2 Å². The lowest BCUT2D eigenvalue weighted by molar-refractivity contribution is -0.107. The van der Waals surface area contributed by atoms with E-state index in [4.69, 9.17) is 0 Å². The highest BCUT2D eigenvalue weighted by Gasteiger charge is 2.08. The molecule has 0 saturated heterocycles. The minimum Gasteiger partial charge on any atom is -0.303 e. The number of fused-ring (bicyclic) bond motifs is 1. The van der Waals surface area contributed by atoms with Gasteiger partial charge in [-0.3, -0.25) is 9.78 Å². The van der Waals surface area contributed by atoms with Crippen LogP contribution in [0.4, 0.5) is 0 Å². The minimum atomic E-state index is -0.233. The summed E-state index contributed by atoms with van der Waals surface area (Å²) in [7, 11) is 0. The number of aromatic nitrogens is 2. The van der Waals surface area contributed by atoms with Gasteiger partial charge in [0.25, 0.3) is 5.56 Å². The van der Waals surface area contributed by atoms with Gasteiger partial charge in [-0.1, -0.05) is 12.1 Å². The molecule has 0 N–H and O–H groups in total. The van der Waals surface area contributed by atoms with Gasteiger partial charge in [-0.15, -0.1) is 11.3 Å². The fourth-order valence-electron chi connectivity index (χ4n) is 2.22. The predicted molar refractivity (Wildman–Crippen MR) is 88.2 cm³/mol. The molecule has 1 aromatic carbocycles. The maximum atomic E-state index is 12.2. The van der Waals surface area contributed by atoms with Gasteiger partial charge in [0.05, 0.1) is 11.1 Å². The van der Waals surface area contributed by atoms with Gasteiger partial charge >= 0.3 is 0 Å². The number of rotatable bonds is 4. The number of hydrogen-bond acceptors (Lipinski definition) is 5. The van der Waals surface area contributed by atoms with Crippen molar-refractivity contribution in [1.82, 2.24) is 9.97 Å². The average Bonchev–Trinajstić information content (AvgIpc) is 2.52. The van der Waals surface area contributed by atoms with Gasteiger partial charge in [-0.25, -0.2) is 0 Å². The number of pyridine rings is 1. The van der Waals surface area contributed by atoms with Gasteiger partial charge in [0, 0.05) is 16.8 Å². The molecule has 5 heteroatoms. The summed E-state index contributed by atoms with van der Waals surface area (Å²) < 4.78 is 0.912. The van der Waals surface area contributed by atoms with Crippen molar-refractivity contribution in [2.75, 3.05) is 0 Å². The molecule has 110 valence electrons. The predicted octanol–water partition coefficient (Wildman–Crippen LogP) is 3.16. The number of carbonyl (C=O) groups excluding carboxylic acids is 1.